The van der Waals surface area contributed by atoms with Crippen LogP contribution < -0.4 is 10.3 Å². The first-order chi connectivity index (χ1) is 14.9. The van der Waals surface area contributed by atoms with E-state index < -0.39 is 0 Å². The summed E-state index contributed by atoms with van der Waals surface area (Å²) in [5, 5.41) is 11.6. The summed E-state index contributed by atoms with van der Waals surface area (Å²) in [4.78, 5) is 12.7. The Bertz CT molecular complexity index is 924. The molecule has 4 nitrogen and oxygen atoms in total. The van der Waals surface area contributed by atoms with Gasteiger partial charge in [0.25, 0.3) is 0 Å². The van der Waals surface area contributed by atoms with Crippen LogP contribution >= 0.6 is 34.8 Å². The summed E-state index contributed by atoms with van der Waals surface area (Å²) in [5.41, 5.74) is 2.77. The maximum Gasteiger partial charge on any atom is 0.223 e. The minimum absolute atomic E-state index is 0.0371. The van der Waals surface area contributed by atoms with Crippen molar-refractivity contribution in [3.8, 4) is 0 Å². The Morgan fingerprint density at radius 1 is 1.06 bits per heavy atom. The van der Waals surface area contributed by atoms with Gasteiger partial charge < -0.3 is 5.32 Å². The molecule has 0 aromatic heterocycles. The second-order valence-corrected chi connectivity index (χ2v) is 9.15. The molecule has 0 aliphatic carbocycles. The number of hydrogen-bond donors (Lipinski definition) is 1. The number of carbonyl (C=O) groups excluding carboxylic acids is 1. The molecule has 1 unspecified atom stereocenters. The van der Waals surface area contributed by atoms with Crippen molar-refractivity contribution in [2.24, 2.45) is 11.0 Å². The minimum Gasteiger partial charge on any atom is -0.350 e. The van der Waals surface area contributed by atoms with Gasteiger partial charge in [0.2, 0.25) is 5.91 Å². The molecule has 2 aromatic rings. The molecule has 1 atom stereocenters. The molecule has 0 spiro atoms. The zero-order valence-corrected chi connectivity index (χ0v) is 20.1. The number of hydrazone groups is 1. The first kappa shape index (κ1) is 23.9. The van der Waals surface area contributed by atoms with Crippen molar-refractivity contribution in [2.75, 3.05) is 11.6 Å². The van der Waals surface area contributed by atoms with Crippen LogP contribution in [0.3, 0.4) is 0 Å². The average molecular weight is 481 g/mol. The van der Waals surface area contributed by atoms with E-state index in [4.69, 9.17) is 39.9 Å². The van der Waals surface area contributed by atoms with Crippen LogP contribution in [0.25, 0.3) is 0 Å². The van der Waals surface area contributed by atoms with E-state index >= 15 is 0 Å². The number of carbonyl (C=O) groups is 1. The Morgan fingerprint density at radius 2 is 1.71 bits per heavy atom. The zero-order valence-electron chi connectivity index (χ0n) is 17.9. The number of hydrogen-bond acceptors (Lipinski definition) is 3. The van der Waals surface area contributed by atoms with Gasteiger partial charge in [0.1, 0.15) is 0 Å². The molecule has 0 saturated carbocycles. The molecule has 1 aliphatic rings. The summed E-state index contributed by atoms with van der Waals surface area (Å²) >= 11 is 18.7. The van der Waals surface area contributed by atoms with E-state index in [1.165, 1.54) is 0 Å². The summed E-state index contributed by atoms with van der Waals surface area (Å²) in [6.45, 7) is 4.65. The van der Waals surface area contributed by atoms with Crippen LogP contribution in [0.2, 0.25) is 15.1 Å². The molecule has 166 valence electrons. The first-order valence-electron chi connectivity index (χ1n) is 10.8. The quantitative estimate of drug-likeness (QED) is 0.409. The van der Waals surface area contributed by atoms with Gasteiger partial charge in [0.15, 0.2) is 0 Å². The molecule has 3 rings (SSSR count). The normalized spacial score (nSPS) is 16.0. The largest absolute Gasteiger partial charge is 0.350 e. The number of benzene rings is 2. The standard InChI is InChI=1S/C24H28Cl3N3O/c1-3-5-17(6-4-2)24(31)28-15-20-14-23(16-7-9-18(25)10-8-16)30(29-20)22-12-11-19(26)13-21(22)27/h7-13,17,23H,3-6,14-15H2,1-2H3,(H,28,31). The Kier molecular flexibility index (Phi) is 8.65. The van der Waals surface area contributed by atoms with Gasteiger partial charge in [0, 0.05) is 22.4 Å². The number of anilines is 1. The third-order valence-electron chi connectivity index (χ3n) is 5.50. The molecule has 1 aliphatic heterocycles. The van der Waals surface area contributed by atoms with Crippen LogP contribution in [0.5, 0.6) is 0 Å². The minimum atomic E-state index is -0.0371. The third kappa shape index (κ3) is 6.15. The van der Waals surface area contributed by atoms with E-state index in [1.807, 2.05) is 35.3 Å². The fourth-order valence-electron chi connectivity index (χ4n) is 3.95. The second kappa shape index (κ2) is 11.2. The molecular formula is C24H28Cl3N3O. The second-order valence-electron chi connectivity index (χ2n) is 7.87. The lowest BCUT2D eigenvalue weighted by molar-refractivity contribution is -0.125. The van der Waals surface area contributed by atoms with Crippen LogP contribution in [0.15, 0.2) is 47.6 Å². The smallest absolute Gasteiger partial charge is 0.223 e. The third-order valence-corrected chi connectivity index (χ3v) is 6.29. The van der Waals surface area contributed by atoms with Crippen molar-refractivity contribution in [1.29, 1.82) is 0 Å². The molecule has 1 N–H and O–H groups in total. The summed E-state index contributed by atoms with van der Waals surface area (Å²) in [5.74, 6) is 0.170. The van der Waals surface area contributed by atoms with Gasteiger partial charge in [-0.1, -0.05) is 73.6 Å². The molecule has 1 heterocycles. The van der Waals surface area contributed by atoms with E-state index in [-0.39, 0.29) is 17.9 Å². The highest BCUT2D eigenvalue weighted by molar-refractivity contribution is 6.36. The molecule has 0 saturated heterocycles. The van der Waals surface area contributed by atoms with Crippen LogP contribution in [0.1, 0.15) is 57.6 Å². The molecule has 2 aromatic carbocycles. The van der Waals surface area contributed by atoms with Crippen molar-refractivity contribution in [3.05, 3.63) is 63.1 Å². The van der Waals surface area contributed by atoms with E-state index in [0.29, 0.717) is 28.0 Å². The van der Waals surface area contributed by atoms with Crippen LogP contribution in [0.4, 0.5) is 5.69 Å². The lowest BCUT2D eigenvalue weighted by Crippen LogP contribution is -2.34. The maximum atomic E-state index is 12.7. The van der Waals surface area contributed by atoms with Crippen LogP contribution in [-0.2, 0) is 4.79 Å². The summed E-state index contributed by atoms with van der Waals surface area (Å²) in [7, 11) is 0. The number of nitrogens with zero attached hydrogens (tertiary/aromatic N) is 2. The van der Waals surface area contributed by atoms with E-state index in [9.17, 15) is 4.79 Å². The topological polar surface area (TPSA) is 44.7 Å². The van der Waals surface area contributed by atoms with Crippen molar-refractivity contribution < 1.29 is 4.79 Å². The zero-order chi connectivity index (χ0) is 22.4. The molecular weight excluding hydrogens is 453 g/mol. The first-order valence-corrected chi connectivity index (χ1v) is 11.9. The molecule has 1 amide bonds. The fraction of sp³-hybridized carbons (Fsp3) is 0.417. The maximum absolute atomic E-state index is 12.7. The van der Waals surface area contributed by atoms with Crippen molar-refractivity contribution in [3.63, 3.8) is 0 Å². The predicted octanol–water partition coefficient (Wildman–Crippen LogP) is 7.29. The Balaban J connectivity index is 1.81. The highest BCUT2D eigenvalue weighted by Gasteiger charge is 2.31. The molecule has 7 heteroatoms. The van der Waals surface area contributed by atoms with E-state index in [1.54, 1.807) is 12.1 Å². The van der Waals surface area contributed by atoms with Crippen molar-refractivity contribution in [1.82, 2.24) is 5.32 Å². The SMILES string of the molecule is CCCC(CCC)C(=O)NCC1=NN(c2ccc(Cl)cc2Cl)C(c2ccc(Cl)cc2)C1. The van der Waals surface area contributed by atoms with Crippen molar-refractivity contribution >= 4 is 52.1 Å². The van der Waals surface area contributed by atoms with E-state index in [2.05, 4.69) is 19.2 Å². The van der Waals surface area contributed by atoms with Gasteiger partial charge in [-0.3, -0.25) is 9.80 Å². The summed E-state index contributed by atoms with van der Waals surface area (Å²) in [6, 6.07) is 13.1. The number of amides is 1. The van der Waals surface area contributed by atoms with E-state index in [0.717, 1.165) is 42.6 Å². The van der Waals surface area contributed by atoms with Gasteiger partial charge >= 0.3 is 0 Å². The number of rotatable bonds is 9. The Morgan fingerprint density at radius 3 is 2.32 bits per heavy atom. The Hall–Kier alpha value is -1.75. The van der Waals surface area contributed by atoms with Gasteiger partial charge in [-0.15, -0.1) is 0 Å². The van der Waals surface area contributed by atoms with Gasteiger partial charge in [-0.05, 0) is 48.7 Å². The monoisotopic (exact) mass is 479 g/mol. The molecule has 0 radical (unpaired) electrons. The highest BCUT2D eigenvalue weighted by atomic mass is 35.5. The predicted molar refractivity (Wildman–Crippen MR) is 132 cm³/mol. The fourth-order valence-corrected chi connectivity index (χ4v) is 4.57. The molecule has 0 bridgehead atoms. The van der Waals surface area contributed by atoms with Gasteiger partial charge in [-0.2, -0.15) is 5.10 Å². The van der Waals surface area contributed by atoms with Gasteiger partial charge in [0.05, 0.1) is 29.0 Å². The lowest BCUT2D eigenvalue weighted by atomic mass is 9.97. The lowest BCUT2D eigenvalue weighted by Gasteiger charge is -2.25. The van der Waals surface area contributed by atoms with Gasteiger partial charge in [-0.25, -0.2) is 0 Å². The average Bonchev–Trinajstić information content (AvgIpc) is 3.16. The summed E-state index contributed by atoms with van der Waals surface area (Å²) < 4.78 is 0. The highest BCUT2D eigenvalue weighted by Crippen LogP contribution is 2.39. The molecule has 31 heavy (non-hydrogen) atoms. The number of nitrogens with one attached hydrogen (secondary N) is 1. The summed E-state index contributed by atoms with van der Waals surface area (Å²) in [6.07, 6.45) is 4.51. The molecule has 0 fully saturated rings. The number of halogens is 3. The Labute approximate surface area is 199 Å². The van der Waals surface area contributed by atoms with Crippen molar-refractivity contribution in [2.45, 2.75) is 52.0 Å². The van der Waals surface area contributed by atoms with Crippen LogP contribution in [-0.4, -0.2) is 18.2 Å². The van der Waals surface area contributed by atoms with Crippen LogP contribution in [0, 0.1) is 5.92 Å².